The number of benzene rings is 1. The highest BCUT2D eigenvalue weighted by Crippen LogP contribution is 2.48. The van der Waals surface area contributed by atoms with Crippen LogP contribution < -0.4 is 0 Å². The van der Waals surface area contributed by atoms with Crippen LogP contribution in [0.3, 0.4) is 0 Å². The number of nitrogens with zero attached hydrogens (tertiary/aromatic N) is 1. The number of rotatable bonds is 11. The van der Waals surface area contributed by atoms with Crippen molar-refractivity contribution >= 4 is 44.9 Å². The van der Waals surface area contributed by atoms with Gasteiger partial charge in [-0.25, -0.2) is 8.42 Å². The lowest BCUT2D eigenvalue weighted by atomic mass is 9.66. The molecule has 0 aliphatic carbocycles. The van der Waals surface area contributed by atoms with Crippen LogP contribution in [-0.2, 0) is 19.4 Å². The Morgan fingerprint density at radius 1 is 1.26 bits per heavy atom. The van der Waals surface area contributed by atoms with Crippen molar-refractivity contribution in [1.29, 1.82) is 0 Å². The molecule has 1 aromatic carbocycles. The average Bonchev–Trinajstić information content (AvgIpc) is 2.81. The predicted molar refractivity (Wildman–Crippen MR) is 155 cm³/mol. The minimum atomic E-state index is -3.55. The molecule has 0 bridgehead atoms. The maximum atomic E-state index is 14.3. The van der Waals surface area contributed by atoms with Gasteiger partial charge in [0.25, 0.3) is 0 Å². The fourth-order valence-corrected chi connectivity index (χ4v) is 6.70. The van der Waals surface area contributed by atoms with Crippen LogP contribution >= 0.6 is 23.2 Å². The van der Waals surface area contributed by atoms with Gasteiger partial charge in [0.15, 0.2) is 9.84 Å². The number of piperidine rings is 1. The Bertz CT molecular complexity index is 1220. The number of hydrogen-bond donors (Lipinski definition) is 1. The zero-order chi connectivity index (χ0) is 29.0. The number of sulfone groups is 1. The molecule has 0 aromatic heterocycles. The van der Waals surface area contributed by atoms with Crippen LogP contribution in [0, 0.1) is 11.3 Å². The van der Waals surface area contributed by atoms with Crippen LogP contribution in [-0.4, -0.2) is 53.4 Å². The lowest BCUT2D eigenvalue weighted by Crippen LogP contribution is -2.62. The second kappa shape index (κ2) is 12.8. The van der Waals surface area contributed by atoms with Crippen molar-refractivity contribution in [2.24, 2.45) is 11.3 Å². The number of likely N-dealkylation sites (tertiary alicyclic amines) is 1. The molecule has 9 heteroatoms. The highest BCUT2D eigenvalue weighted by molar-refractivity contribution is 7.92. The number of carbonyl (C=O) groups is 2. The lowest BCUT2D eigenvalue weighted by molar-refractivity contribution is -0.159. The summed E-state index contributed by atoms with van der Waals surface area (Å²) in [6, 6.07) is 5.90. The van der Waals surface area contributed by atoms with E-state index in [9.17, 15) is 23.1 Å². The Balaban J connectivity index is 2.85. The molecule has 38 heavy (non-hydrogen) atoms. The highest BCUT2D eigenvalue weighted by Gasteiger charge is 2.53. The Morgan fingerprint density at radius 3 is 2.39 bits per heavy atom. The lowest BCUT2D eigenvalue weighted by Gasteiger charge is -2.53. The van der Waals surface area contributed by atoms with Gasteiger partial charge in [-0.05, 0) is 62.5 Å². The predicted octanol–water partition coefficient (Wildman–Crippen LogP) is 6.61. The highest BCUT2D eigenvalue weighted by atomic mass is 35.5. The summed E-state index contributed by atoms with van der Waals surface area (Å²) in [6.45, 7) is 14.7. The van der Waals surface area contributed by atoms with E-state index in [-0.39, 0.29) is 30.4 Å². The number of carboxylic acids is 1. The number of amides is 1. The molecule has 210 valence electrons. The average molecular weight is 585 g/mol. The number of carboxylic acid groups (broad SMARTS) is 1. The molecule has 6 nitrogen and oxygen atoms in total. The standard InChI is InChI=1S/C29H39Cl2NO5S/c1-8-22(30)13-12-20(6)27-24(21-10-9-11-23(31)14-21)15-29(7,16-26(33)34)28(35)32(27)25(18(2)3)17-38(36,37)19(4)5/h8-14,18-19,24-25,27H,6,15-17H2,1-5,7H3,(H,33,34)/b13-12-,22-8+/t24-,25-,27-,29-/m1/s1. The molecule has 2 rings (SSSR count). The Labute approximate surface area is 237 Å². The molecular formula is C29H39Cl2NO5S. The zero-order valence-corrected chi connectivity index (χ0v) is 25.3. The molecule has 0 spiro atoms. The van der Waals surface area contributed by atoms with E-state index >= 15 is 0 Å². The molecule has 1 N–H and O–H groups in total. The number of halogens is 2. The first-order valence-electron chi connectivity index (χ1n) is 12.7. The summed E-state index contributed by atoms with van der Waals surface area (Å²) in [4.78, 5) is 27.8. The van der Waals surface area contributed by atoms with Gasteiger partial charge in [-0.2, -0.15) is 0 Å². The molecule has 4 atom stereocenters. The SMILES string of the molecule is C=C(/C=C\C(Cl)=C/C)[C@@H]1[C@@H](c2cccc(Cl)c2)C[C@](C)(CC(=O)O)C(=O)N1[C@H](CS(=O)(=O)C(C)C)C(C)C. The van der Waals surface area contributed by atoms with Gasteiger partial charge in [-0.15, -0.1) is 0 Å². The molecule has 1 amide bonds. The van der Waals surface area contributed by atoms with E-state index in [4.69, 9.17) is 23.2 Å². The van der Waals surface area contributed by atoms with Crippen LogP contribution in [0.1, 0.15) is 65.9 Å². The third-order valence-corrected chi connectivity index (χ3v) is 10.1. The Morgan fingerprint density at radius 2 is 1.89 bits per heavy atom. The number of carbonyl (C=O) groups excluding carboxylic acids is 1. The zero-order valence-electron chi connectivity index (χ0n) is 22.9. The van der Waals surface area contributed by atoms with E-state index in [2.05, 4.69) is 6.58 Å². The van der Waals surface area contributed by atoms with Crippen LogP contribution in [0.15, 0.2) is 59.7 Å². The molecule has 1 aromatic rings. The van der Waals surface area contributed by atoms with Crippen molar-refractivity contribution in [3.8, 4) is 0 Å². The van der Waals surface area contributed by atoms with Gasteiger partial charge in [-0.3, -0.25) is 9.59 Å². The minimum absolute atomic E-state index is 0.228. The molecule has 1 aliphatic heterocycles. The largest absolute Gasteiger partial charge is 0.481 e. The molecule has 0 saturated carbocycles. The molecule has 0 unspecified atom stereocenters. The summed E-state index contributed by atoms with van der Waals surface area (Å²) in [6.07, 6.45) is 4.98. The first-order chi connectivity index (χ1) is 17.5. The minimum Gasteiger partial charge on any atom is -0.481 e. The van der Waals surface area contributed by atoms with Crippen molar-refractivity contribution in [2.75, 3.05) is 5.75 Å². The van der Waals surface area contributed by atoms with E-state index in [0.717, 1.165) is 5.56 Å². The van der Waals surface area contributed by atoms with Gasteiger partial charge >= 0.3 is 5.97 Å². The molecule has 1 aliphatic rings. The first kappa shape index (κ1) is 32.1. The molecule has 1 heterocycles. The fourth-order valence-electron chi connectivity index (χ4n) is 5.03. The van der Waals surface area contributed by atoms with Crippen LogP contribution in [0.2, 0.25) is 5.02 Å². The van der Waals surface area contributed by atoms with E-state index in [1.54, 1.807) is 63.0 Å². The van der Waals surface area contributed by atoms with Gasteiger partial charge in [0.05, 0.1) is 28.9 Å². The normalized spacial score (nSPS) is 23.9. The Kier molecular flexibility index (Phi) is 10.9. The number of aliphatic carboxylic acids is 1. The first-order valence-corrected chi connectivity index (χ1v) is 15.2. The molecule has 1 fully saturated rings. The van der Waals surface area contributed by atoms with Gasteiger partial charge in [0, 0.05) is 22.0 Å². The number of allylic oxidation sites excluding steroid dienone is 3. The van der Waals surface area contributed by atoms with Crippen molar-refractivity contribution in [3.63, 3.8) is 0 Å². The van der Waals surface area contributed by atoms with Crippen LogP contribution in [0.4, 0.5) is 0 Å². The second-order valence-corrected chi connectivity index (χ2v) is 14.4. The summed E-state index contributed by atoms with van der Waals surface area (Å²) >= 11 is 12.6. The molecule has 1 saturated heterocycles. The summed E-state index contributed by atoms with van der Waals surface area (Å²) in [5, 5.41) is 10.1. The second-order valence-electron chi connectivity index (χ2n) is 10.9. The van der Waals surface area contributed by atoms with E-state index in [0.29, 0.717) is 15.6 Å². The topological polar surface area (TPSA) is 91.8 Å². The van der Waals surface area contributed by atoms with Crippen molar-refractivity contribution in [1.82, 2.24) is 4.90 Å². The third kappa shape index (κ3) is 7.51. The van der Waals surface area contributed by atoms with E-state index in [1.807, 2.05) is 26.0 Å². The van der Waals surface area contributed by atoms with E-state index in [1.165, 1.54) is 0 Å². The molecule has 0 radical (unpaired) electrons. The Hall–Kier alpha value is -2.09. The van der Waals surface area contributed by atoms with Crippen molar-refractivity contribution < 1.29 is 23.1 Å². The maximum absolute atomic E-state index is 14.3. The van der Waals surface area contributed by atoms with E-state index < -0.39 is 44.5 Å². The van der Waals surface area contributed by atoms with Gasteiger partial charge in [0.2, 0.25) is 5.91 Å². The van der Waals surface area contributed by atoms with Crippen molar-refractivity contribution in [2.45, 2.75) is 77.6 Å². The molecular weight excluding hydrogens is 545 g/mol. The smallest absolute Gasteiger partial charge is 0.304 e. The van der Waals surface area contributed by atoms with Gasteiger partial charge in [-0.1, -0.05) is 74.8 Å². The van der Waals surface area contributed by atoms with Crippen molar-refractivity contribution in [3.05, 3.63) is 70.3 Å². The quantitative estimate of drug-likeness (QED) is 0.296. The van der Waals surface area contributed by atoms with Crippen LogP contribution in [0.5, 0.6) is 0 Å². The monoisotopic (exact) mass is 583 g/mol. The van der Waals surface area contributed by atoms with Gasteiger partial charge < -0.3 is 10.0 Å². The van der Waals surface area contributed by atoms with Gasteiger partial charge in [0.1, 0.15) is 0 Å². The van der Waals surface area contributed by atoms with Crippen LogP contribution in [0.25, 0.3) is 0 Å². The maximum Gasteiger partial charge on any atom is 0.304 e. The fraction of sp³-hybridized carbons (Fsp3) is 0.517. The summed E-state index contributed by atoms with van der Waals surface area (Å²) in [5.74, 6) is -2.37. The summed E-state index contributed by atoms with van der Waals surface area (Å²) < 4.78 is 26.3. The summed E-state index contributed by atoms with van der Waals surface area (Å²) in [5.41, 5.74) is 0.112. The number of hydrogen-bond acceptors (Lipinski definition) is 4. The third-order valence-electron chi connectivity index (χ3n) is 7.28. The summed E-state index contributed by atoms with van der Waals surface area (Å²) in [7, 11) is -3.55.